The second-order valence-electron chi connectivity index (χ2n) is 17.1. The predicted molar refractivity (Wildman–Crippen MR) is 238 cm³/mol. The Balaban J connectivity index is 0.939. The minimum Gasteiger partial charge on any atom is -0.497 e. The maximum Gasteiger partial charge on any atom is 0.337 e. The van der Waals surface area contributed by atoms with Crippen LogP contribution in [0.1, 0.15) is 84.5 Å². The van der Waals surface area contributed by atoms with Crippen molar-refractivity contribution in [2.75, 3.05) is 45.9 Å². The van der Waals surface area contributed by atoms with Gasteiger partial charge in [0, 0.05) is 49.0 Å². The van der Waals surface area contributed by atoms with Gasteiger partial charge >= 0.3 is 5.97 Å². The summed E-state index contributed by atoms with van der Waals surface area (Å²) in [6, 6.07) is 26.9. The number of aryl methyl sites for hydroxylation is 1. The number of nitrogens with zero attached hydrogens (tertiary/aromatic N) is 3. The molecule has 4 aromatic carbocycles. The molecule has 2 heterocycles. The molecular formula is C48H56ClN3O8S. The van der Waals surface area contributed by atoms with Crippen LogP contribution in [0, 0.1) is 11.8 Å². The van der Waals surface area contributed by atoms with Crippen LogP contribution in [-0.2, 0) is 44.5 Å². The number of sulfonamides is 1. The zero-order valence-corrected chi connectivity index (χ0v) is 37.1. The lowest BCUT2D eigenvalue weighted by Crippen LogP contribution is -2.49. The Kier molecular flexibility index (Phi) is 12.9. The average Bonchev–Trinajstić information content (AvgIpc) is 3.67. The fourth-order valence-corrected chi connectivity index (χ4v) is 11.4. The highest BCUT2D eigenvalue weighted by Crippen LogP contribution is 2.47. The van der Waals surface area contributed by atoms with Gasteiger partial charge in [-0.05, 0) is 135 Å². The first-order chi connectivity index (χ1) is 29.5. The maximum atomic E-state index is 14.3. The molecule has 8 rings (SSSR count). The van der Waals surface area contributed by atoms with Crippen molar-refractivity contribution in [2.45, 2.75) is 88.1 Å². The molecule has 5 atom stereocenters. The van der Waals surface area contributed by atoms with Gasteiger partial charge in [-0.1, -0.05) is 47.1 Å². The number of hydrogen-bond acceptors (Lipinski definition) is 10. The molecule has 1 spiro atoms. The van der Waals surface area contributed by atoms with E-state index in [0.29, 0.717) is 48.8 Å². The van der Waals surface area contributed by atoms with Crippen LogP contribution in [0.2, 0.25) is 5.02 Å². The maximum absolute atomic E-state index is 14.3. The van der Waals surface area contributed by atoms with Gasteiger partial charge in [-0.25, -0.2) is 13.2 Å². The number of anilines is 1. The van der Waals surface area contributed by atoms with Crippen molar-refractivity contribution in [3.05, 3.63) is 118 Å². The summed E-state index contributed by atoms with van der Waals surface area (Å²) in [5.74, 6) is 2.44. The lowest BCUT2D eigenvalue weighted by Gasteiger charge is -2.45. The number of rotatable bonds is 15. The van der Waals surface area contributed by atoms with Crippen molar-refractivity contribution in [2.24, 2.45) is 17.0 Å². The highest BCUT2D eigenvalue weighted by molar-refractivity contribution is 7.89. The first-order valence-electron chi connectivity index (χ1n) is 21.3. The topological polar surface area (TPSA) is 116 Å². The minimum absolute atomic E-state index is 0.0714. The Hall–Kier alpha value is -4.78. The number of esters is 1. The molecule has 13 heteroatoms. The highest BCUT2D eigenvalue weighted by atomic mass is 35.5. The van der Waals surface area contributed by atoms with Crippen molar-refractivity contribution in [3.63, 3.8) is 0 Å². The smallest absolute Gasteiger partial charge is 0.337 e. The first kappa shape index (κ1) is 42.9. The van der Waals surface area contributed by atoms with E-state index < -0.39 is 15.3 Å². The van der Waals surface area contributed by atoms with E-state index in [4.69, 9.17) is 35.4 Å². The molecule has 61 heavy (non-hydrogen) atoms. The number of fused-ring (bicyclic) bond motifs is 3. The van der Waals surface area contributed by atoms with Gasteiger partial charge in [0.2, 0.25) is 10.0 Å². The molecule has 4 aromatic rings. The fourth-order valence-electron chi connectivity index (χ4n) is 9.66. The summed E-state index contributed by atoms with van der Waals surface area (Å²) in [6.45, 7) is 4.32. The van der Waals surface area contributed by atoms with Crippen molar-refractivity contribution in [1.29, 1.82) is 0 Å². The molecule has 2 aliphatic heterocycles. The normalized spacial score (nSPS) is 22.5. The minimum atomic E-state index is -3.72. The zero-order valence-electron chi connectivity index (χ0n) is 35.5. The SMILES string of the molecule is COC(=O)c1ccc2c(c1)N(C[C@@H]1CC[C@H]1[C@H]1CC(CCC(C)S(=O)(=O)N(Cc3ccc(OC)cc3)Cc3ccc(OC)cc3)=NO1)C[C@@]1(CCCc3cc(Cl)ccc31)CO2. The summed E-state index contributed by atoms with van der Waals surface area (Å²) in [4.78, 5) is 21.3. The summed E-state index contributed by atoms with van der Waals surface area (Å²) in [5.41, 5.74) is 6.38. The largest absolute Gasteiger partial charge is 0.497 e. The number of benzene rings is 4. The number of oxime groups is 1. The van der Waals surface area contributed by atoms with E-state index >= 15 is 0 Å². The van der Waals surface area contributed by atoms with Gasteiger partial charge in [0.05, 0.1) is 50.1 Å². The van der Waals surface area contributed by atoms with Crippen LogP contribution in [0.15, 0.2) is 90.1 Å². The third kappa shape index (κ3) is 9.22. The van der Waals surface area contributed by atoms with E-state index in [9.17, 15) is 13.2 Å². The van der Waals surface area contributed by atoms with Crippen molar-refractivity contribution in [3.8, 4) is 17.2 Å². The molecule has 0 amide bonds. The standard InChI is InChI=1S/C48H56ClN3O8S/c1-32(61(54,55)52(27-33-8-16-40(56-2)17-9-33)28-34-10-18-41(57-3)19-11-34)7-15-39-26-46(60-50-39)42-20-12-37(42)29-51-30-48(23-5-6-35-24-38(49)14-21-43(35)48)31-59-45-22-13-36(25-44(45)51)47(53)58-4/h8-11,13-14,16-19,21-22,24-25,32,37,42,46H,5-7,12,15,20,23,26-31H2,1-4H3/t32?,37-,42+,46+,48-/m0/s1. The molecule has 0 radical (unpaired) electrons. The molecule has 2 aliphatic carbocycles. The lowest BCUT2D eigenvalue weighted by molar-refractivity contribution is -0.0213. The van der Waals surface area contributed by atoms with Gasteiger partial charge in [0.15, 0.2) is 0 Å². The summed E-state index contributed by atoms with van der Waals surface area (Å²) in [6.07, 6.45) is 6.66. The molecule has 4 aliphatic rings. The third-order valence-corrected chi connectivity index (χ3v) is 15.8. The molecule has 0 N–H and O–H groups in total. The third-order valence-electron chi connectivity index (χ3n) is 13.4. The van der Waals surface area contributed by atoms with Crippen molar-refractivity contribution < 1.29 is 37.0 Å². The van der Waals surface area contributed by atoms with Gasteiger partial charge in [-0.15, -0.1) is 0 Å². The van der Waals surface area contributed by atoms with Gasteiger partial charge < -0.3 is 28.7 Å². The molecule has 0 saturated heterocycles. The van der Waals surface area contributed by atoms with Crippen LogP contribution in [0.3, 0.4) is 0 Å². The van der Waals surface area contributed by atoms with Gasteiger partial charge in [-0.2, -0.15) is 4.31 Å². The summed E-state index contributed by atoms with van der Waals surface area (Å²) in [7, 11) is 0.913. The Bertz CT molecular complexity index is 2290. The van der Waals surface area contributed by atoms with Crippen LogP contribution < -0.4 is 19.1 Å². The Morgan fingerprint density at radius 3 is 2.30 bits per heavy atom. The van der Waals surface area contributed by atoms with E-state index in [2.05, 4.69) is 22.2 Å². The van der Waals surface area contributed by atoms with E-state index in [0.717, 1.165) is 78.5 Å². The number of halogens is 1. The van der Waals surface area contributed by atoms with Crippen molar-refractivity contribution >= 4 is 39.0 Å². The number of ether oxygens (including phenoxy) is 4. The van der Waals surface area contributed by atoms with Crippen LogP contribution in [0.25, 0.3) is 0 Å². The molecule has 1 unspecified atom stereocenters. The van der Waals surface area contributed by atoms with E-state index in [1.54, 1.807) is 31.5 Å². The monoisotopic (exact) mass is 869 g/mol. The lowest BCUT2D eigenvalue weighted by atomic mass is 9.68. The summed E-state index contributed by atoms with van der Waals surface area (Å²) < 4.78 is 52.6. The Morgan fingerprint density at radius 1 is 0.951 bits per heavy atom. The predicted octanol–water partition coefficient (Wildman–Crippen LogP) is 8.99. The van der Waals surface area contributed by atoms with Crippen LogP contribution >= 0.6 is 11.6 Å². The van der Waals surface area contributed by atoms with E-state index in [1.165, 1.54) is 18.2 Å². The quantitative estimate of drug-likeness (QED) is 0.108. The molecule has 1 saturated carbocycles. The van der Waals surface area contributed by atoms with Gasteiger partial charge in [0.25, 0.3) is 0 Å². The summed E-state index contributed by atoms with van der Waals surface area (Å²) >= 11 is 6.48. The zero-order chi connectivity index (χ0) is 42.7. The molecule has 0 aromatic heterocycles. The Labute approximate surface area is 365 Å². The van der Waals surface area contributed by atoms with E-state index in [-0.39, 0.29) is 36.5 Å². The molecular weight excluding hydrogens is 814 g/mol. The highest BCUT2D eigenvalue weighted by Gasteiger charge is 2.46. The van der Waals surface area contributed by atoms with Crippen LogP contribution in [0.5, 0.6) is 17.2 Å². The van der Waals surface area contributed by atoms with Crippen LogP contribution in [0.4, 0.5) is 5.69 Å². The molecule has 11 nitrogen and oxygen atoms in total. The Morgan fingerprint density at radius 2 is 1.66 bits per heavy atom. The average molecular weight is 871 g/mol. The molecule has 1 fully saturated rings. The fraction of sp³-hybridized carbons (Fsp3) is 0.458. The number of hydrogen-bond donors (Lipinski definition) is 0. The second kappa shape index (κ2) is 18.3. The molecule has 0 bridgehead atoms. The summed E-state index contributed by atoms with van der Waals surface area (Å²) in [5, 5.41) is 4.65. The number of carbonyl (C=O) groups excluding carboxylic acids is 1. The number of methoxy groups -OCH3 is 3. The second-order valence-corrected chi connectivity index (χ2v) is 19.9. The van der Waals surface area contributed by atoms with E-state index in [1.807, 2.05) is 66.7 Å². The van der Waals surface area contributed by atoms with Gasteiger partial charge in [-0.3, -0.25) is 0 Å². The van der Waals surface area contributed by atoms with Crippen molar-refractivity contribution in [1.82, 2.24) is 4.31 Å². The van der Waals surface area contributed by atoms with Gasteiger partial charge in [0.1, 0.15) is 23.4 Å². The van der Waals surface area contributed by atoms with Crippen LogP contribution in [-0.4, -0.2) is 76.8 Å². The molecule has 324 valence electrons. The first-order valence-corrected chi connectivity index (χ1v) is 23.2. The number of carbonyl (C=O) groups is 1.